The Morgan fingerprint density at radius 1 is 1.00 bits per heavy atom. The van der Waals surface area contributed by atoms with Crippen LogP contribution in [0.15, 0.2) is 48.8 Å². The highest BCUT2D eigenvalue weighted by atomic mass is 16.5. The molecule has 0 aliphatic heterocycles. The topological polar surface area (TPSA) is 89.5 Å². The first kappa shape index (κ1) is 18.7. The molecule has 2 amide bonds. The summed E-state index contributed by atoms with van der Waals surface area (Å²) in [5.74, 6) is 0.978. The van der Waals surface area contributed by atoms with E-state index in [0.717, 1.165) is 11.3 Å². The summed E-state index contributed by atoms with van der Waals surface area (Å²) < 4.78 is 10.7. The molecule has 1 aliphatic rings. The molecule has 1 heterocycles. The maximum atomic E-state index is 12.4. The van der Waals surface area contributed by atoms with E-state index in [1.54, 1.807) is 43.8 Å². The van der Waals surface area contributed by atoms with Gasteiger partial charge in [0.25, 0.3) is 0 Å². The van der Waals surface area contributed by atoms with Crippen molar-refractivity contribution in [2.45, 2.75) is 19.4 Å². The molecule has 142 valence electrons. The van der Waals surface area contributed by atoms with Crippen molar-refractivity contribution in [3.8, 4) is 11.5 Å². The third kappa shape index (κ3) is 4.75. The van der Waals surface area contributed by atoms with E-state index in [-0.39, 0.29) is 11.8 Å². The smallest absolute Gasteiger partial charge is 0.235 e. The highest BCUT2D eigenvalue weighted by Crippen LogP contribution is 2.46. The van der Waals surface area contributed by atoms with E-state index in [2.05, 4.69) is 15.6 Å². The van der Waals surface area contributed by atoms with Gasteiger partial charge in [-0.1, -0.05) is 0 Å². The van der Waals surface area contributed by atoms with Crippen LogP contribution in [0.1, 0.15) is 18.4 Å². The molecule has 0 bridgehead atoms. The Morgan fingerprint density at radius 2 is 1.63 bits per heavy atom. The monoisotopic (exact) mass is 369 g/mol. The standard InChI is InChI=1S/C20H23N3O4/c1-26-16-2-4-17(5-3-16)27-13-12-22-18(24)20(8-9-20)19(25)23-14-15-6-10-21-11-7-15/h2-7,10-11H,8-9,12-14H2,1H3,(H,22,24)(H,23,25). The molecule has 2 N–H and O–H groups in total. The van der Waals surface area contributed by atoms with E-state index in [9.17, 15) is 9.59 Å². The summed E-state index contributed by atoms with van der Waals surface area (Å²) in [7, 11) is 1.60. The number of nitrogens with one attached hydrogen (secondary N) is 2. The number of hydrogen-bond donors (Lipinski definition) is 2. The summed E-state index contributed by atoms with van der Waals surface area (Å²) in [6.45, 7) is 1.05. The lowest BCUT2D eigenvalue weighted by molar-refractivity contribution is -0.137. The molecule has 1 aromatic carbocycles. The Hall–Kier alpha value is -3.09. The maximum absolute atomic E-state index is 12.4. The number of benzene rings is 1. The van der Waals surface area contributed by atoms with E-state index in [1.807, 2.05) is 12.1 Å². The molecule has 2 aromatic rings. The summed E-state index contributed by atoms with van der Waals surface area (Å²) in [6, 6.07) is 10.9. The van der Waals surface area contributed by atoms with Crippen LogP contribution in [0.5, 0.6) is 11.5 Å². The number of ether oxygens (including phenoxy) is 2. The minimum absolute atomic E-state index is 0.229. The van der Waals surface area contributed by atoms with Gasteiger partial charge in [-0.2, -0.15) is 0 Å². The normalized spacial score (nSPS) is 14.1. The van der Waals surface area contributed by atoms with Crippen LogP contribution < -0.4 is 20.1 Å². The minimum atomic E-state index is -0.937. The van der Waals surface area contributed by atoms with Crippen LogP contribution >= 0.6 is 0 Å². The van der Waals surface area contributed by atoms with Crippen LogP contribution in [0.25, 0.3) is 0 Å². The summed E-state index contributed by atoms with van der Waals surface area (Å²) in [6.07, 6.45) is 4.48. The quantitative estimate of drug-likeness (QED) is 0.519. The van der Waals surface area contributed by atoms with Gasteiger partial charge >= 0.3 is 0 Å². The Balaban J connectivity index is 1.40. The Morgan fingerprint density at radius 3 is 2.26 bits per heavy atom. The van der Waals surface area contributed by atoms with Gasteiger partial charge in [-0.05, 0) is 54.8 Å². The maximum Gasteiger partial charge on any atom is 0.235 e. The first-order chi connectivity index (χ1) is 13.1. The number of nitrogens with zero attached hydrogens (tertiary/aromatic N) is 1. The first-order valence-electron chi connectivity index (χ1n) is 8.86. The van der Waals surface area contributed by atoms with Gasteiger partial charge < -0.3 is 20.1 Å². The second-order valence-corrected chi connectivity index (χ2v) is 6.40. The zero-order valence-electron chi connectivity index (χ0n) is 15.2. The van der Waals surface area contributed by atoms with Crippen LogP contribution in [0.4, 0.5) is 0 Å². The van der Waals surface area contributed by atoms with Crippen molar-refractivity contribution in [2.75, 3.05) is 20.3 Å². The minimum Gasteiger partial charge on any atom is -0.497 e. The van der Waals surface area contributed by atoms with Crippen LogP contribution in [0, 0.1) is 5.41 Å². The van der Waals surface area contributed by atoms with Crippen molar-refractivity contribution < 1.29 is 19.1 Å². The highest BCUT2D eigenvalue weighted by Gasteiger charge is 2.56. The van der Waals surface area contributed by atoms with Gasteiger partial charge in [-0.15, -0.1) is 0 Å². The van der Waals surface area contributed by atoms with E-state index < -0.39 is 5.41 Å². The zero-order valence-corrected chi connectivity index (χ0v) is 15.2. The molecule has 7 heteroatoms. The molecule has 0 radical (unpaired) electrons. The van der Waals surface area contributed by atoms with E-state index in [0.29, 0.717) is 38.3 Å². The van der Waals surface area contributed by atoms with Crippen molar-refractivity contribution in [2.24, 2.45) is 5.41 Å². The highest BCUT2D eigenvalue weighted by molar-refractivity contribution is 6.07. The molecule has 3 rings (SSSR count). The van der Waals surface area contributed by atoms with Gasteiger partial charge in [0.05, 0.1) is 13.7 Å². The number of amides is 2. The van der Waals surface area contributed by atoms with Crippen LogP contribution in [0.3, 0.4) is 0 Å². The van der Waals surface area contributed by atoms with Crippen LogP contribution in [-0.2, 0) is 16.1 Å². The Kier molecular flexibility index (Phi) is 5.90. The average Bonchev–Trinajstić information content (AvgIpc) is 3.52. The summed E-state index contributed by atoms with van der Waals surface area (Å²) in [5, 5.41) is 5.64. The molecule has 1 fully saturated rings. The molecule has 27 heavy (non-hydrogen) atoms. The Labute approximate surface area is 158 Å². The third-order valence-corrected chi connectivity index (χ3v) is 4.54. The lowest BCUT2D eigenvalue weighted by Gasteiger charge is -2.15. The fourth-order valence-corrected chi connectivity index (χ4v) is 2.71. The number of carbonyl (C=O) groups excluding carboxylic acids is 2. The molecule has 1 aromatic heterocycles. The number of carbonyl (C=O) groups is 2. The first-order valence-corrected chi connectivity index (χ1v) is 8.86. The SMILES string of the molecule is COc1ccc(OCCNC(=O)C2(C(=O)NCc3ccncc3)CC2)cc1. The summed E-state index contributed by atoms with van der Waals surface area (Å²) in [5.41, 5.74) is 0.00936. The van der Waals surface area contributed by atoms with Gasteiger partial charge in [0, 0.05) is 18.9 Å². The van der Waals surface area contributed by atoms with Crippen LogP contribution in [0.2, 0.25) is 0 Å². The van der Waals surface area contributed by atoms with Crippen molar-refractivity contribution in [3.63, 3.8) is 0 Å². The molecule has 7 nitrogen and oxygen atoms in total. The average molecular weight is 369 g/mol. The van der Waals surface area contributed by atoms with Crippen molar-refractivity contribution in [1.82, 2.24) is 15.6 Å². The lowest BCUT2D eigenvalue weighted by atomic mass is 10.1. The van der Waals surface area contributed by atoms with Crippen molar-refractivity contribution in [3.05, 3.63) is 54.4 Å². The van der Waals surface area contributed by atoms with Gasteiger partial charge in [0.2, 0.25) is 11.8 Å². The predicted octanol–water partition coefficient (Wildman–Crippen LogP) is 1.68. The fourth-order valence-electron chi connectivity index (χ4n) is 2.71. The van der Waals surface area contributed by atoms with Gasteiger partial charge in [-0.25, -0.2) is 0 Å². The fraction of sp³-hybridized carbons (Fsp3) is 0.350. The van der Waals surface area contributed by atoms with Crippen molar-refractivity contribution in [1.29, 1.82) is 0 Å². The molecular formula is C20H23N3O4. The number of pyridine rings is 1. The molecule has 0 atom stereocenters. The Bertz CT molecular complexity index is 774. The van der Waals surface area contributed by atoms with Gasteiger partial charge in [0.1, 0.15) is 23.5 Å². The zero-order chi connectivity index (χ0) is 19.1. The largest absolute Gasteiger partial charge is 0.497 e. The molecule has 0 saturated heterocycles. The van der Waals surface area contributed by atoms with Crippen LogP contribution in [-0.4, -0.2) is 37.1 Å². The number of methoxy groups -OCH3 is 1. The lowest BCUT2D eigenvalue weighted by Crippen LogP contribution is -2.43. The number of aromatic nitrogens is 1. The van der Waals surface area contributed by atoms with Gasteiger partial charge in [-0.3, -0.25) is 14.6 Å². The third-order valence-electron chi connectivity index (χ3n) is 4.54. The van der Waals surface area contributed by atoms with E-state index in [4.69, 9.17) is 9.47 Å². The molecule has 1 saturated carbocycles. The molecule has 1 aliphatic carbocycles. The van der Waals surface area contributed by atoms with E-state index in [1.165, 1.54) is 0 Å². The number of rotatable bonds is 9. The molecule has 0 unspecified atom stereocenters. The summed E-state index contributed by atoms with van der Waals surface area (Å²) in [4.78, 5) is 28.8. The van der Waals surface area contributed by atoms with Crippen molar-refractivity contribution >= 4 is 11.8 Å². The predicted molar refractivity (Wildman–Crippen MR) is 99.2 cm³/mol. The number of hydrogen-bond acceptors (Lipinski definition) is 5. The molecular weight excluding hydrogens is 346 g/mol. The second kappa shape index (κ2) is 8.53. The second-order valence-electron chi connectivity index (χ2n) is 6.40. The summed E-state index contributed by atoms with van der Waals surface area (Å²) >= 11 is 0. The van der Waals surface area contributed by atoms with E-state index >= 15 is 0 Å². The van der Waals surface area contributed by atoms with Gasteiger partial charge in [0.15, 0.2) is 0 Å². The molecule has 0 spiro atoms.